The van der Waals surface area contributed by atoms with Gasteiger partial charge in [-0.3, -0.25) is 14.5 Å². The van der Waals surface area contributed by atoms with E-state index in [1.54, 1.807) is 24.3 Å². The third-order valence-corrected chi connectivity index (χ3v) is 4.37. The normalized spacial score (nSPS) is 15.9. The molecular formula is C21H23N3O3. The van der Waals surface area contributed by atoms with E-state index in [1.807, 2.05) is 44.2 Å². The van der Waals surface area contributed by atoms with Crippen LogP contribution < -0.4 is 20.7 Å². The van der Waals surface area contributed by atoms with Gasteiger partial charge in [-0.25, -0.2) is 0 Å². The van der Waals surface area contributed by atoms with Crippen LogP contribution in [0.15, 0.2) is 54.3 Å². The van der Waals surface area contributed by atoms with Gasteiger partial charge < -0.3 is 15.8 Å². The smallest absolute Gasteiger partial charge is 0.294 e. The molecule has 2 amide bonds. The highest BCUT2D eigenvalue weighted by molar-refractivity contribution is 6.12. The molecule has 3 rings (SSSR count). The summed E-state index contributed by atoms with van der Waals surface area (Å²) in [6, 6.07) is 14.5. The fourth-order valence-electron chi connectivity index (χ4n) is 2.75. The van der Waals surface area contributed by atoms with Crippen LogP contribution in [0.3, 0.4) is 0 Å². The molecule has 0 bridgehead atoms. The van der Waals surface area contributed by atoms with Crippen molar-refractivity contribution in [2.75, 3.05) is 17.2 Å². The Morgan fingerprint density at radius 3 is 2.70 bits per heavy atom. The second-order valence-electron chi connectivity index (χ2n) is 6.52. The van der Waals surface area contributed by atoms with Gasteiger partial charge in [-0.1, -0.05) is 37.3 Å². The molecule has 27 heavy (non-hydrogen) atoms. The third-order valence-electron chi connectivity index (χ3n) is 4.37. The second-order valence-corrected chi connectivity index (χ2v) is 6.52. The number of hydrogen-bond donors (Lipinski definition) is 2. The second kappa shape index (κ2) is 7.95. The molecule has 1 atom stereocenters. The molecular weight excluding hydrogens is 342 g/mol. The van der Waals surface area contributed by atoms with E-state index in [4.69, 9.17) is 10.5 Å². The Hall–Kier alpha value is -3.28. The van der Waals surface area contributed by atoms with Crippen molar-refractivity contribution in [1.82, 2.24) is 5.32 Å². The number of nitrogens with two attached hydrogens (primary N) is 1. The summed E-state index contributed by atoms with van der Waals surface area (Å²) in [6.07, 6.45) is 2.48. The average Bonchev–Trinajstić information content (AvgIpc) is 2.66. The van der Waals surface area contributed by atoms with Crippen molar-refractivity contribution >= 4 is 29.3 Å². The summed E-state index contributed by atoms with van der Waals surface area (Å²) in [4.78, 5) is 26.8. The van der Waals surface area contributed by atoms with Gasteiger partial charge in [-0.05, 0) is 43.2 Å². The van der Waals surface area contributed by atoms with Crippen LogP contribution in [0, 0.1) is 0 Å². The third kappa shape index (κ3) is 4.28. The number of carbonyl (C=O) groups is 2. The molecule has 0 saturated heterocycles. The van der Waals surface area contributed by atoms with Crippen molar-refractivity contribution in [2.24, 2.45) is 0 Å². The van der Waals surface area contributed by atoms with E-state index in [0.717, 1.165) is 12.0 Å². The highest BCUT2D eigenvalue weighted by Crippen LogP contribution is 2.37. The molecule has 1 unspecified atom stereocenters. The van der Waals surface area contributed by atoms with Gasteiger partial charge >= 0.3 is 0 Å². The van der Waals surface area contributed by atoms with Crippen molar-refractivity contribution in [3.8, 4) is 5.75 Å². The van der Waals surface area contributed by atoms with E-state index < -0.39 is 0 Å². The zero-order valence-corrected chi connectivity index (χ0v) is 15.4. The van der Waals surface area contributed by atoms with Crippen LogP contribution in [-0.2, 0) is 9.59 Å². The topological polar surface area (TPSA) is 84.7 Å². The van der Waals surface area contributed by atoms with Gasteiger partial charge in [-0.2, -0.15) is 0 Å². The number of nitrogens with zero attached hydrogens (tertiary/aromatic N) is 1. The Labute approximate surface area is 158 Å². The largest absolute Gasteiger partial charge is 0.449 e. The van der Waals surface area contributed by atoms with Gasteiger partial charge in [0.15, 0.2) is 11.5 Å². The minimum Gasteiger partial charge on any atom is -0.449 e. The number of fused-ring (bicyclic) bond motifs is 1. The van der Waals surface area contributed by atoms with Gasteiger partial charge in [0, 0.05) is 11.7 Å². The molecule has 0 spiro atoms. The van der Waals surface area contributed by atoms with E-state index in [-0.39, 0.29) is 30.2 Å². The number of benzene rings is 2. The first kappa shape index (κ1) is 18.5. The van der Waals surface area contributed by atoms with E-state index >= 15 is 0 Å². The number of anilines is 2. The lowest BCUT2D eigenvalue weighted by Gasteiger charge is -2.30. The minimum atomic E-state index is -0.378. The number of nitrogens with one attached hydrogen (secondary N) is 1. The first-order chi connectivity index (χ1) is 13.0. The molecule has 0 saturated carbocycles. The van der Waals surface area contributed by atoms with Crippen LogP contribution in [0.2, 0.25) is 0 Å². The van der Waals surface area contributed by atoms with Gasteiger partial charge in [0.2, 0.25) is 5.91 Å². The van der Waals surface area contributed by atoms with Gasteiger partial charge in [0.25, 0.3) is 5.91 Å². The van der Waals surface area contributed by atoms with Crippen LogP contribution >= 0.6 is 0 Å². The van der Waals surface area contributed by atoms with E-state index in [9.17, 15) is 9.59 Å². The Morgan fingerprint density at radius 2 is 2.00 bits per heavy atom. The molecule has 0 aromatic heterocycles. The molecule has 6 nitrogen and oxygen atoms in total. The molecule has 140 valence electrons. The zero-order valence-electron chi connectivity index (χ0n) is 15.4. The van der Waals surface area contributed by atoms with E-state index in [0.29, 0.717) is 17.1 Å². The van der Waals surface area contributed by atoms with E-state index in [2.05, 4.69) is 5.32 Å². The predicted octanol–water partition coefficient (Wildman–Crippen LogP) is 2.95. The highest BCUT2D eigenvalue weighted by Gasteiger charge is 2.32. The predicted molar refractivity (Wildman–Crippen MR) is 106 cm³/mol. The molecule has 0 fully saturated rings. The molecule has 6 heteroatoms. The summed E-state index contributed by atoms with van der Waals surface area (Å²) < 4.78 is 5.80. The minimum absolute atomic E-state index is 0.0355. The van der Waals surface area contributed by atoms with Crippen molar-refractivity contribution in [1.29, 1.82) is 0 Å². The van der Waals surface area contributed by atoms with Gasteiger partial charge in [0.1, 0.15) is 6.54 Å². The van der Waals surface area contributed by atoms with Gasteiger partial charge in [0.05, 0.1) is 5.69 Å². The van der Waals surface area contributed by atoms with Crippen LogP contribution in [0.5, 0.6) is 5.75 Å². The van der Waals surface area contributed by atoms with Crippen LogP contribution in [-0.4, -0.2) is 24.4 Å². The molecule has 1 aliphatic heterocycles. The lowest BCUT2D eigenvalue weighted by atomic mass is 10.1. The molecule has 3 N–H and O–H groups in total. The Bertz CT molecular complexity index is 877. The summed E-state index contributed by atoms with van der Waals surface area (Å²) >= 11 is 0. The summed E-state index contributed by atoms with van der Waals surface area (Å²) in [5.74, 6) is 0.0421. The lowest BCUT2D eigenvalue weighted by Crippen LogP contribution is -2.46. The first-order valence-corrected chi connectivity index (χ1v) is 8.93. The maximum absolute atomic E-state index is 13.0. The summed E-state index contributed by atoms with van der Waals surface area (Å²) in [7, 11) is 0. The Balaban J connectivity index is 1.94. The number of ether oxygens (including phenoxy) is 1. The quantitative estimate of drug-likeness (QED) is 0.630. The number of rotatable bonds is 5. The molecule has 1 aliphatic rings. The summed E-state index contributed by atoms with van der Waals surface area (Å²) in [5, 5.41) is 2.88. The molecule has 2 aromatic rings. The lowest BCUT2D eigenvalue weighted by molar-refractivity contribution is -0.123. The summed E-state index contributed by atoms with van der Waals surface area (Å²) in [6.45, 7) is 3.81. The average molecular weight is 365 g/mol. The maximum atomic E-state index is 13.0. The highest BCUT2D eigenvalue weighted by atomic mass is 16.5. The SMILES string of the molecule is CCC(C)NC(=O)CN1C(=O)/C(=C\c2ccccc2)Oc2ccc(N)cc21. The maximum Gasteiger partial charge on any atom is 0.294 e. The number of amides is 2. The van der Waals surface area contributed by atoms with Gasteiger partial charge in [-0.15, -0.1) is 0 Å². The first-order valence-electron chi connectivity index (χ1n) is 8.93. The fraction of sp³-hybridized carbons (Fsp3) is 0.238. The van der Waals surface area contributed by atoms with Crippen molar-refractivity contribution in [3.63, 3.8) is 0 Å². The van der Waals surface area contributed by atoms with E-state index in [1.165, 1.54) is 4.90 Å². The monoisotopic (exact) mass is 365 g/mol. The number of carbonyl (C=O) groups excluding carboxylic acids is 2. The molecule has 2 aromatic carbocycles. The number of nitrogen functional groups attached to an aromatic ring is 1. The van der Waals surface area contributed by atoms with Crippen molar-refractivity contribution in [2.45, 2.75) is 26.3 Å². The fourth-order valence-corrected chi connectivity index (χ4v) is 2.75. The van der Waals surface area contributed by atoms with Crippen molar-refractivity contribution < 1.29 is 14.3 Å². The van der Waals surface area contributed by atoms with Crippen LogP contribution in [0.1, 0.15) is 25.8 Å². The molecule has 1 heterocycles. The number of hydrogen-bond acceptors (Lipinski definition) is 4. The molecule has 0 radical (unpaired) electrons. The van der Waals surface area contributed by atoms with Crippen LogP contribution in [0.4, 0.5) is 11.4 Å². The van der Waals surface area contributed by atoms with Crippen molar-refractivity contribution in [3.05, 3.63) is 59.9 Å². The molecule has 0 aliphatic carbocycles. The van der Waals surface area contributed by atoms with Crippen LogP contribution in [0.25, 0.3) is 6.08 Å². The Kier molecular flexibility index (Phi) is 5.45. The Morgan fingerprint density at radius 1 is 1.26 bits per heavy atom. The zero-order chi connectivity index (χ0) is 19.4. The standard InChI is InChI=1S/C21H23N3O3/c1-3-14(2)23-20(25)13-24-17-12-16(22)9-10-18(17)27-19(21(24)26)11-15-7-5-4-6-8-15/h4-12,14H,3,13,22H2,1-2H3,(H,23,25)/b19-11+. The summed E-state index contributed by atoms with van der Waals surface area (Å²) in [5.41, 5.74) is 7.69.